The summed E-state index contributed by atoms with van der Waals surface area (Å²) in [6, 6.07) is 10.3. The maximum absolute atomic E-state index is 13.1. The Balaban J connectivity index is 1.36. The molecule has 0 radical (unpaired) electrons. The van der Waals surface area contributed by atoms with Gasteiger partial charge in [0.25, 0.3) is 0 Å². The van der Waals surface area contributed by atoms with Gasteiger partial charge >= 0.3 is 5.97 Å². The number of nitrogens with one attached hydrogen (secondary N) is 1. The molecule has 6 rings (SSSR count). The Hall–Kier alpha value is -1.84. The van der Waals surface area contributed by atoms with Crippen LogP contribution in [0.15, 0.2) is 30.3 Å². The molecule has 1 aromatic rings. The molecular weight excluding hydrogens is 314 g/mol. The molecule has 0 heterocycles. The Kier molecular flexibility index (Phi) is 3.14. The predicted molar refractivity (Wildman–Crippen MR) is 92.9 cm³/mol. The van der Waals surface area contributed by atoms with Crippen LogP contribution in [0.5, 0.6) is 0 Å². The second-order valence-corrected chi connectivity index (χ2v) is 9.00. The Morgan fingerprint density at radius 2 is 1.64 bits per heavy atom. The summed E-state index contributed by atoms with van der Waals surface area (Å²) in [6.07, 6.45) is 6.38. The van der Waals surface area contributed by atoms with Crippen molar-refractivity contribution in [3.05, 3.63) is 35.9 Å². The van der Waals surface area contributed by atoms with Gasteiger partial charge in [0.05, 0.1) is 10.8 Å². The lowest BCUT2D eigenvalue weighted by atomic mass is 9.48. The van der Waals surface area contributed by atoms with E-state index >= 15 is 0 Å². The van der Waals surface area contributed by atoms with Gasteiger partial charge in [-0.25, -0.2) is 0 Å². The molecule has 1 aromatic carbocycles. The zero-order chi connectivity index (χ0) is 17.2. The van der Waals surface area contributed by atoms with Crippen molar-refractivity contribution in [2.24, 2.45) is 23.2 Å². The van der Waals surface area contributed by atoms with Gasteiger partial charge in [0.2, 0.25) is 5.91 Å². The minimum Gasteiger partial charge on any atom is -0.481 e. The lowest BCUT2D eigenvalue weighted by molar-refractivity contribution is -0.167. The van der Waals surface area contributed by atoms with E-state index in [-0.39, 0.29) is 17.4 Å². The number of carboxylic acid groups (broad SMARTS) is 1. The van der Waals surface area contributed by atoms with Gasteiger partial charge in [0, 0.05) is 6.04 Å². The van der Waals surface area contributed by atoms with E-state index in [2.05, 4.69) is 17.4 Å². The van der Waals surface area contributed by atoms with Crippen molar-refractivity contribution in [1.29, 1.82) is 0 Å². The van der Waals surface area contributed by atoms with Crippen LogP contribution in [0, 0.1) is 23.2 Å². The number of amides is 1. The Bertz CT molecular complexity index is 708. The van der Waals surface area contributed by atoms with Crippen molar-refractivity contribution in [3.63, 3.8) is 0 Å². The first-order chi connectivity index (χ1) is 12.0. The third-order valence-corrected chi connectivity index (χ3v) is 7.54. The summed E-state index contributed by atoms with van der Waals surface area (Å²) in [5, 5.41) is 13.1. The summed E-state index contributed by atoms with van der Waals surface area (Å²) in [6.45, 7) is 0. The Labute approximate surface area is 148 Å². The van der Waals surface area contributed by atoms with E-state index in [1.165, 1.54) is 0 Å². The maximum atomic E-state index is 13.1. The van der Waals surface area contributed by atoms with Crippen molar-refractivity contribution in [1.82, 2.24) is 5.32 Å². The molecule has 5 fully saturated rings. The molecule has 0 aliphatic heterocycles. The number of carboxylic acids is 1. The summed E-state index contributed by atoms with van der Waals surface area (Å²) in [7, 11) is 0. The Morgan fingerprint density at radius 1 is 1.00 bits per heavy atom. The lowest BCUT2D eigenvalue weighted by Gasteiger charge is -2.58. The van der Waals surface area contributed by atoms with Crippen molar-refractivity contribution >= 4 is 11.9 Å². The molecule has 4 bridgehead atoms. The first-order valence-corrected chi connectivity index (χ1v) is 9.62. The van der Waals surface area contributed by atoms with Crippen molar-refractivity contribution in [2.75, 3.05) is 0 Å². The summed E-state index contributed by atoms with van der Waals surface area (Å²) < 4.78 is 0. The van der Waals surface area contributed by atoms with E-state index in [0.29, 0.717) is 17.8 Å². The zero-order valence-corrected chi connectivity index (χ0v) is 14.4. The molecule has 2 unspecified atom stereocenters. The highest BCUT2D eigenvalue weighted by molar-refractivity contribution is 5.91. The third-order valence-electron chi connectivity index (χ3n) is 7.54. The summed E-state index contributed by atoms with van der Waals surface area (Å²) in [5.41, 5.74) is 0.285. The fraction of sp³-hybridized carbons (Fsp3) is 0.619. The highest BCUT2D eigenvalue weighted by Crippen LogP contribution is 2.60. The third kappa shape index (κ3) is 2.19. The molecule has 0 aromatic heterocycles. The van der Waals surface area contributed by atoms with Crippen LogP contribution in [-0.2, 0) is 15.0 Å². The second kappa shape index (κ2) is 5.09. The molecule has 5 aliphatic carbocycles. The number of benzene rings is 1. The van der Waals surface area contributed by atoms with E-state index in [1.807, 2.05) is 18.2 Å². The van der Waals surface area contributed by atoms with Gasteiger partial charge in [-0.15, -0.1) is 0 Å². The second-order valence-electron chi connectivity index (χ2n) is 9.00. The van der Waals surface area contributed by atoms with Crippen LogP contribution in [0.1, 0.15) is 50.5 Å². The fourth-order valence-corrected chi connectivity index (χ4v) is 6.34. The van der Waals surface area contributed by atoms with E-state index in [1.54, 1.807) is 0 Å². The number of carbonyl (C=O) groups is 2. The number of hydrogen-bond donors (Lipinski definition) is 2. The van der Waals surface area contributed by atoms with Gasteiger partial charge < -0.3 is 10.4 Å². The minimum absolute atomic E-state index is 0.167. The van der Waals surface area contributed by atoms with Crippen molar-refractivity contribution in [2.45, 2.75) is 56.4 Å². The van der Waals surface area contributed by atoms with Gasteiger partial charge in [-0.2, -0.15) is 0 Å². The van der Waals surface area contributed by atoms with Gasteiger partial charge in [0.15, 0.2) is 0 Å². The van der Waals surface area contributed by atoms with Crippen molar-refractivity contribution in [3.8, 4) is 0 Å². The van der Waals surface area contributed by atoms with Crippen LogP contribution in [0.25, 0.3) is 0 Å². The maximum Gasteiger partial charge on any atom is 0.309 e. The normalized spacial score (nSPS) is 39.8. The molecule has 0 saturated heterocycles. The largest absolute Gasteiger partial charge is 0.481 e. The van der Waals surface area contributed by atoms with Gasteiger partial charge in [-0.3, -0.25) is 9.59 Å². The average molecular weight is 339 g/mol. The lowest BCUT2D eigenvalue weighted by Crippen LogP contribution is -2.61. The highest BCUT2D eigenvalue weighted by Gasteiger charge is 2.60. The quantitative estimate of drug-likeness (QED) is 0.886. The van der Waals surface area contributed by atoms with Gasteiger partial charge in [-0.1, -0.05) is 30.3 Å². The van der Waals surface area contributed by atoms with Gasteiger partial charge in [-0.05, 0) is 68.3 Å². The highest BCUT2D eigenvalue weighted by atomic mass is 16.4. The predicted octanol–water partition coefficient (Wildman–Crippen LogP) is 3.11. The van der Waals surface area contributed by atoms with E-state index < -0.39 is 11.4 Å². The summed E-state index contributed by atoms with van der Waals surface area (Å²) in [5.74, 6) is 0.793. The fourth-order valence-electron chi connectivity index (χ4n) is 6.34. The topological polar surface area (TPSA) is 66.4 Å². The molecule has 1 amide bonds. The standard InChI is InChI=1S/C21H25NO3/c23-18(21(6-7-21)16-4-2-1-3-5-16)22-17-14-8-13-9-15(17)12-20(10-13,11-14)19(24)25/h1-5,13-15,17H,6-12H2,(H,22,23)(H,24,25). The molecule has 0 spiro atoms. The van der Waals surface area contributed by atoms with Crippen LogP contribution in [-0.4, -0.2) is 23.0 Å². The van der Waals surface area contributed by atoms with Crippen LogP contribution in [0.4, 0.5) is 0 Å². The smallest absolute Gasteiger partial charge is 0.309 e. The molecule has 4 heteroatoms. The van der Waals surface area contributed by atoms with Crippen LogP contribution < -0.4 is 5.32 Å². The molecule has 5 saturated carbocycles. The van der Waals surface area contributed by atoms with E-state index in [0.717, 1.165) is 50.5 Å². The molecular formula is C21H25NO3. The molecule has 132 valence electrons. The van der Waals surface area contributed by atoms with Gasteiger partial charge in [0.1, 0.15) is 0 Å². The minimum atomic E-state index is -0.611. The summed E-state index contributed by atoms with van der Waals surface area (Å²) >= 11 is 0. The Morgan fingerprint density at radius 3 is 2.20 bits per heavy atom. The molecule has 5 aliphatic rings. The number of hydrogen-bond acceptors (Lipinski definition) is 2. The average Bonchev–Trinajstić information content (AvgIpc) is 3.40. The SMILES string of the molecule is O=C(O)C12CC3CC(C1)C(NC(=O)C1(c4ccccc4)CC1)C(C3)C2. The number of aliphatic carboxylic acids is 1. The monoisotopic (exact) mass is 339 g/mol. The molecule has 2 N–H and O–H groups in total. The van der Waals surface area contributed by atoms with Crippen LogP contribution in [0.3, 0.4) is 0 Å². The molecule has 25 heavy (non-hydrogen) atoms. The van der Waals surface area contributed by atoms with Crippen molar-refractivity contribution < 1.29 is 14.7 Å². The zero-order valence-electron chi connectivity index (χ0n) is 14.4. The number of carbonyl (C=O) groups excluding carboxylic acids is 1. The first kappa shape index (κ1) is 15.4. The van der Waals surface area contributed by atoms with E-state index in [4.69, 9.17) is 0 Å². The van der Waals surface area contributed by atoms with Crippen LogP contribution >= 0.6 is 0 Å². The van der Waals surface area contributed by atoms with E-state index in [9.17, 15) is 14.7 Å². The number of rotatable bonds is 4. The first-order valence-electron chi connectivity index (χ1n) is 9.62. The summed E-state index contributed by atoms with van der Waals surface area (Å²) in [4.78, 5) is 25.0. The molecule has 4 nitrogen and oxygen atoms in total. The molecule has 2 atom stereocenters. The van der Waals surface area contributed by atoms with Crippen LogP contribution in [0.2, 0.25) is 0 Å².